The molecule has 0 unspecified atom stereocenters. The van der Waals surface area contributed by atoms with Crippen molar-refractivity contribution >= 4 is 36.4 Å². The van der Waals surface area contributed by atoms with Crippen molar-refractivity contribution in [1.29, 1.82) is 0 Å². The van der Waals surface area contributed by atoms with Gasteiger partial charge in [0, 0.05) is 0 Å². The van der Waals surface area contributed by atoms with E-state index in [-0.39, 0.29) is 0 Å². The third-order valence-corrected chi connectivity index (χ3v) is 0. The lowest BCUT2D eigenvalue weighted by Crippen LogP contribution is -1.15. The van der Waals surface area contributed by atoms with Crippen LogP contribution in [0.1, 0.15) is 0 Å². The maximum absolute atomic E-state index is 4.26. The summed E-state index contributed by atoms with van der Waals surface area (Å²) >= 11 is 12.1. The Morgan fingerprint density at radius 3 is 1.40 bits per heavy atom. The molecule has 0 bridgehead atoms. The topological polar surface area (TPSA) is 9.23 Å². The van der Waals surface area contributed by atoms with E-state index < -0.39 is 0 Å². The smallest absolute Gasteiger partial charge is 0.0832 e. The largest absolute Gasteiger partial charge is 0.183 e. The van der Waals surface area contributed by atoms with Gasteiger partial charge in [0.2, 0.25) is 0 Å². The summed E-state index contributed by atoms with van der Waals surface area (Å²) in [5, 5.41) is 0. The molecule has 34 valence electrons. The molecule has 0 aliphatic rings. The molecule has 0 amide bonds. The third-order valence-electron chi connectivity index (χ3n) is 0. The van der Waals surface area contributed by atoms with Crippen LogP contribution in [-0.2, 0) is 3.84 Å². The van der Waals surface area contributed by atoms with Crippen molar-refractivity contribution in [2.45, 2.75) is 0 Å². The van der Waals surface area contributed by atoms with E-state index in [0.717, 1.165) is 0 Å². The Hall–Kier alpha value is 0.890. The van der Waals surface area contributed by atoms with Crippen LogP contribution in [0.2, 0.25) is 0 Å². The van der Waals surface area contributed by atoms with E-state index in [9.17, 15) is 0 Å². The zero-order chi connectivity index (χ0) is 4.71. The first-order chi connectivity index (χ1) is 2.41. The number of rotatable bonds is 0. The highest BCUT2D eigenvalue weighted by Crippen LogP contribution is 1.78. The van der Waals surface area contributed by atoms with Crippen LogP contribution in [0.3, 0.4) is 0 Å². The molecule has 1 nitrogen and oxygen atoms in total. The first-order valence-electron chi connectivity index (χ1n) is 0.756. The zero-order valence-corrected chi connectivity index (χ0v) is 5.02. The summed E-state index contributed by atoms with van der Waals surface area (Å²) in [5.41, 5.74) is 0. The molecule has 0 aliphatic carbocycles. The molecule has 0 radical (unpaired) electrons. The van der Waals surface area contributed by atoms with Gasteiger partial charge in [-0.1, -0.05) is 0 Å². The number of halogens is 2. The number of hydrogen-bond acceptors (Lipinski definition) is 2. The van der Waals surface area contributed by atoms with Gasteiger partial charge in [-0.2, -0.15) is 16.5 Å². The van der Waals surface area contributed by atoms with Gasteiger partial charge in [0.15, 0.2) is 0 Å². The lowest BCUT2D eigenvalue weighted by Gasteiger charge is -1.46. The maximum atomic E-state index is 4.26. The van der Waals surface area contributed by atoms with Gasteiger partial charge in [-0.25, -0.2) is 0 Å². The van der Waals surface area contributed by atoms with Crippen molar-refractivity contribution in [2.24, 2.45) is 0 Å². The summed E-state index contributed by atoms with van der Waals surface area (Å²) < 4.78 is 3.19. The van der Waals surface area contributed by atoms with Crippen LogP contribution in [-0.4, -0.2) is 6.26 Å². The fourth-order valence-electron chi connectivity index (χ4n) is 0. The predicted octanol–water partition coefficient (Wildman–Crippen LogP) is 1.86. The molecule has 0 N–H and O–H groups in total. The fourth-order valence-corrected chi connectivity index (χ4v) is 0. The van der Waals surface area contributed by atoms with Crippen LogP contribution < -0.4 is 0 Å². The van der Waals surface area contributed by atoms with Crippen molar-refractivity contribution < 1.29 is 3.84 Å². The molecule has 0 heterocycles. The van der Waals surface area contributed by atoms with E-state index in [1.165, 1.54) is 0 Å². The van der Waals surface area contributed by atoms with Gasteiger partial charge in [-0.15, -0.1) is 0 Å². The van der Waals surface area contributed by atoms with Gasteiger partial charge in [-0.05, 0) is 6.26 Å². The summed E-state index contributed by atoms with van der Waals surface area (Å²) in [5.74, 6) is 0. The van der Waals surface area contributed by atoms with E-state index >= 15 is 0 Å². The first kappa shape index (κ1) is 9.31. The summed E-state index contributed by atoms with van der Waals surface area (Å²) in [4.78, 5) is 0. The molecule has 0 aromatic heterocycles. The van der Waals surface area contributed by atoms with Gasteiger partial charge in [0.1, 0.15) is 0 Å². The fraction of sp³-hybridized carbons (Fsp3) is 1.00. The van der Waals surface area contributed by atoms with Crippen LogP contribution in [0, 0.1) is 0 Å². The average molecular weight is 135 g/mol. The van der Waals surface area contributed by atoms with E-state index in [4.69, 9.17) is 0 Å². The van der Waals surface area contributed by atoms with Gasteiger partial charge in [0.05, 0.1) is 23.7 Å². The Labute approximate surface area is 47.0 Å². The molecule has 0 rings (SSSR count). The predicted molar refractivity (Wildman–Crippen MR) is 27.7 cm³/mol. The maximum Gasteiger partial charge on any atom is 0.0832 e. The van der Waals surface area contributed by atoms with Crippen molar-refractivity contribution in [1.82, 2.24) is 0 Å². The highest BCUT2D eigenvalue weighted by molar-refractivity contribution is 7.79. The summed E-state index contributed by atoms with van der Waals surface area (Å²) in [6.07, 6.45) is 1.69. The summed E-state index contributed by atoms with van der Waals surface area (Å²) in [6, 6.07) is 0. The Kier molecular flexibility index (Phi) is 38.6. The monoisotopic (exact) mass is 134 g/mol. The molecule has 0 aromatic carbocycles. The molecule has 5 heavy (non-hydrogen) atoms. The first-order valence-corrected chi connectivity index (χ1v) is 2.27. The van der Waals surface area contributed by atoms with Crippen molar-refractivity contribution in [3.63, 3.8) is 0 Å². The Bertz CT molecular complexity index is 9.61. The van der Waals surface area contributed by atoms with Gasteiger partial charge >= 0.3 is 0 Å². The lowest BCUT2D eigenvalue weighted by atomic mass is 12.0. The minimum Gasteiger partial charge on any atom is -0.183 e. The number of thiol groups is 1. The third kappa shape index (κ3) is 51.6. The molecular formula is CH4Cl2OS. The second kappa shape index (κ2) is 20.7. The van der Waals surface area contributed by atoms with Crippen molar-refractivity contribution in [2.75, 3.05) is 6.26 Å². The van der Waals surface area contributed by atoms with E-state index in [1.54, 1.807) is 6.26 Å². The Morgan fingerprint density at radius 1 is 1.40 bits per heavy atom. The second-order valence-electron chi connectivity index (χ2n) is 0.0583. The summed E-state index contributed by atoms with van der Waals surface area (Å²) in [7, 11) is 0. The number of hydrogen-bond donors (Lipinski definition) is 1. The van der Waals surface area contributed by atoms with E-state index in [0.29, 0.717) is 0 Å². The highest BCUT2D eigenvalue weighted by Gasteiger charge is 1.38. The molecular weight excluding hydrogens is 131 g/mol. The Morgan fingerprint density at radius 2 is 1.40 bits per heavy atom. The van der Waals surface area contributed by atoms with Crippen molar-refractivity contribution in [3.8, 4) is 0 Å². The van der Waals surface area contributed by atoms with Crippen LogP contribution in [0.4, 0.5) is 0 Å². The zero-order valence-electron chi connectivity index (χ0n) is 2.61. The molecule has 0 spiro atoms. The quantitative estimate of drug-likeness (QED) is 0.498. The molecule has 0 aliphatic heterocycles. The van der Waals surface area contributed by atoms with E-state index in [2.05, 4.69) is 40.2 Å². The standard InChI is InChI=1S/CH4S.Cl2O/c1-2;1-3-2/h2H,1H3;. The van der Waals surface area contributed by atoms with Gasteiger partial charge in [0.25, 0.3) is 0 Å². The highest BCUT2D eigenvalue weighted by atomic mass is 35.6. The van der Waals surface area contributed by atoms with Crippen LogP contribution in [0.15, 0.2) is 0 Å². The lowest BCUT2D eigenvalue weighted by molar-refractivity contribution is 0.697. The minimum atomic E-state index is 1.69. The molecule has 4 heteroatoms. The minimum absolute atomic E-state index is 1.69. The molecule has 0 saturated heterocycles. The van der Waals surface area contributed by atoms with E-state index in [1.807, 2.05) is 0 Å². The normalized spacial score (nSPS) is 4.80. The van der Waals surface area contributed by atoms with Gasteiger partial charge < -0.3 is 0 Å². The van der Waals surface area contributed by atoms with Crippen LogP contribution in [0.25, 0.3) is 0 Å². The van der Waals surface area contributed by atoms with Crippen molar-refractivity contribution in [3.05, 3.63) is 0 Å². The average Bonchev–Trinajstić information content (AvgIpc) is 1.46. The van der Waals surface area contributed by atoms with Crippen LogP contribution >= 0.6 is 36.4 Å². The second-order valence-corrected chi connectivity index (χ2v) is 0.525. The molecule has 0 aromatic rings. The molecule has 0 fully saturated rings. The Balaban J connectivity index is 0. The SMILES string of the molecule is CS.ClOCl. The van der Waals surface area contributed by atoms with Gasteiger partial charge in [-0.3, -0.25) is 0 Å². The van der Waals surface area contributed by atoms with Crippen LogP contribution in [0.5, 0.6) is 0 Å². The molecule has 0 atom stereocenters. The molecule has 0 saturated carbocycles. The summed E-state index contributed by atoms with van der Waals surface area (Å²) in [6.45, 7) is 0.